The van der Waals surface area contributed by atoms with Crippen molar-refractivity contribution in [3.05, 3.63) is 229 Å². The molecule has 6 heterocycles. The Kier molecular flexibility index (Phi) is 53.6. The van der Waals surface area contributed by atoms with Gasteiger partial charge in [0.05, 0.1) is 0 Å². The van der Waals surface area contributed by atoms with Gasteiger partial charge in [-0.3, -0.25) is 0 Å². The van der Waals surface area contributed by atoms with Crippen molar-refractivity contribution < 1.29 is 0 Å². The Bertz CT molecular complexity index is 4440. The fourth-order valence-electron chi connectivity index (χ4n) is 20.8. The average molecular weight is 1980 g/mol. The summed E-state index contributed by atoms with van der Waals surface area (Å²) in [5, 5.41) is 0. The van der Waals surface area contributed by atoms with Gasteiger partial charge in [0, 0.05) is 75.6 Å². The van der Waals surface area contributed by atoms with Crippen LogP contribution in [-0.4, -0.2) is 0 Å². The van der Waals surface area contributed by atoms with Crippen LogP contribution >= 0.6 is 68.0 Å². The average Bonchev–Trinajstić information content (AvgIpc) is 1.61. The summed E-state index contributed by atoms with van der Waals surface area (Å²) in [6.07, 6.45) is 89.1. The minimum Gasteiger partial charge on any atom is -0.311 e. The molecule has 0 unspecified atom stereocenters. The predicted molar refractivity (Wildman–Crippen MR) is 631 cm³/mol. The molecule has 0 bridgehead atoms. The van der Waals surface area contributed by atoms with E-state index in [-0.39, 0.29) is 0 Å². The summed E-state index contributed by atoms with van der Waals surface area (Å²) < 4.78 is 0. The summed E-state index contributed by atoms with van der Waals surface area (Å²) in [7, 11) is 0. The van der Waals surface area contributed by atoms with E-state index in [1.807, 2.05) is 68.0 Å². The molecule has 0 aliphatic rings. The molecule has 6 aromatic carbocycles. The van der Waals surface area contributed by atoms with Gasteiger partial charge in [-0.05, 0) is 308 Å². The molecule has 1 nitrogen and oxygen atoms in total. The maximum atomic E-state index is 2.53. The van der Waals surface area contributed by atoms with Crippen molar-refractivity contribution in [1.29, 1.82) is 0 Å². The Balaban J connectivity index is 0.860. The summed E-state index contributed by atoms with van der Waals surface area (Å²) >= 11 is 12.2. The molecule has 0 amide bonds. The largest absolute Gasteiger partial charge is 0.311 e. The van der Waals surface area contributed by atoms with E-state index in [1.54, 1.807) is 0 Å². The normalized spacial score (nSPS) is 11.7. The highest BCUT2D eigenvalue weighted by molar-refractivity contribution is 7.17. The fraction of sp³-hybridized carbons (Fsp3) is 0.545. The monoisotopic (exact) mass is 1970 g/mol. The van der Waals surface area contributed by atoms with E-state index in [1.165, 1.54) is 549 Å². The van der Waals surface area contributed by atoms with Gasteiger partial charge >= 0.3 is 0 Å². The summed E-state index contributed by atoms with van der Waals surface area (Å²) in [6.45, 7) is 13.9. The van der Waals surface area contributed by atoms with Crippen LogP contribution in [0.5, 0.6) is 0 Å². The molecule has 0 atom stereocenters. The third-order valence-electron chi connectivity index (χ3n) is 29.5. The molecule has 0 aliphatic heterocycles. The molecule has 12 rings (SSSR count). The van der Waals surface area contributed by atoms with Crippen molar-refractivity contribution in [2.24, 2.45) is 0 Å². The zero-order valence-electron chi connectivity index (χ0n) is 88.1. The molecule has 12 aromatic rings. The number of nitrogens with zero attached hydrogens (tertiary/aromatic N) is 1. The number of hydrogen-bond donors (Lipinski definition) is 0. The van der Waals surface area contributed by atoms with E-state index in [0.29, 0.717) is 0 Å². The number of unbranched alkanes of at least 4 members (excludes halogenated alkanes) is 54. The van der Waals surface area contributed by atoms with Gasteiger partial charge in [-0.1, -0.05) is 425 Å². The van der Waals surface area contributed by atoms with E-state index in [4.69, 9.17) is 0 Å². The molecular formula is C132H183NS6. The maximum absolute atomic E-state index is 2.53. The van der Waals surface area contributed by atoms with Crippen LogP contribution in [0.2, 0.25) is 0 Å². The third kappa shape index (κ3) is 40.3. The lowest BCUT2D eigenvalue weighted by Gasteiger charge is -2.26. The molecule has 7 heteroatoms. The van der Waals surface area contributed by atoms with Crippen LogP contribution in [0.3, 0.4) is 0 Å². The lowest BCUT2D eigenvalue weighted by molar-refractivity contribution is 0.557. The van der Waals surface area contributed by atoms with Crippen molar-refractivity contribution in [3.63, 3.8) is 0 Å². The second-order valence-electron chi connectivity index (χ2n) is 41.6. The van der Waals surface area contributed by atoms with Crippen molar-refractivity contribution >= 4 is 85.1 Å². The highest BCUT2D eigenvalue weighted by Gasteiger charge is 2.21. The number of thiophene rings is 6. The summed E-state index contributed by atoms with van der Waals surface area (Å²) in [5.41, 5.74) is 19.0. The van der Waals surface area contributed by atoms with Crippen molar-refractivity contribution in [1.82, 2.24) is 0 Å². The SMILES string of the molecule is CCCCCCCCCCCCc1ccc(-c2cc(-c3ccc(N(c4ccc(-c5cc(-c6ccc(CCCCCCCCCCCC)s6)cc(-c6ccc(CCCCCCCCCCCC)s6)c5)cc4)c4ccc(-c5cc(-c6ccc(CCCCCCCCCCCC)s6)cc(-c6ccc(CCCCCCCCCCCC)s6)c5)cc4)cc3)cc(-c3ccc(CCCCCCCCCCCC)s3)c2)s1. The van der Waals surface area contributed by atoms with Gasteiger partial charge in [-0.25, -0.2) is 0 Å². The molecule has 0 aliphatic carbocycles. The molecule has 752 valence electrons. The van der Waals surface area contributed by atoms with Gasteiger partial charge in [-0.2, -0.15) is 0 Å². The van der Waals surface area contributed by atoms with Crippen LogP contribution in [-0.2, 0) is 38.5 Å². The van der Waals surface area contributed by atoms with Crippen molar-refractivity contribution in [2.75, 3.05) is 4.90 Å². The molecule has 139 heavy (non-hydrogen) atoms. The Labute approximate surface area is 873 Å². The molecule has 0 saturated carbocycles. The minimum absolute atomic E-state index is 1.15. The first kappa shape index (κ1) is 111. The van der Waals surface area contributed by atoms with E-state index < -0.39 is 0 Å². The number of benzene rings is 6. The van der Waals surface area contributed by atoms with E-state index >= 15 is 0 Å². The molecule has 0 radical (unpaired) electrons. The van der Waals surface area contributed by atoms with Crippen LogP contribution < -0.4 is 4.90 Å². The fourth-order valence-corrected chi connectivity index (χ4v) is 27.0. The minimum atomic E-state index is 1.15. The third-order valence-corrected chi connectivity index (χ3v) is 36.7. The first-order valence-electron chi connectivity index (χ1n) is 57.9. The lowest BCUT2D eigenvalue weighted by atomic mass is 9.97. The Hall–Kier alpha value is -6.68. The van der Waals surface area contributed by atoms with Crippen LogP contribution in [0.4, 0.5) is 17.1 Å². The van der Waals surface area contributed by atoms with E-state index in [2.05, 4.69) is 247 Å². The van der Waals surface area contributed by atoms with Gasteiger partial charge in [0.1, 0.15) is 0 Å². The standard InChI is InChI=1S/C132H183NS6/c1-7-13-19-25-31-37-43-49-55-61-67-121-85-91-127(134-121)112-97-109(98-113(103-112)128-92-86-122(135-128)68-62-56-50-44-38-32-26-20-14-8-2)106-73-79-118(80-74-106)133(119-81-75-107(76-82-119)110-99-114(129-93-87-123(136-129)69-63-57-51-45-39-33-27-21-15-9-3)104-115(100-110)130-94-88-124(137-130)70-64-58-52-46-40-34-28-22-16-10-4)120-83-77-108(78-84-120)111-101-116(131-95-89-125(138-131)71-65-59-53-47-41-35-29-23-17-11-5)105-117(102-111)132-96-90-126(139-132)72-66-60-54-48-42-36-30-24-18-12-6/h73-105H,7-72H2,1-6H3. The lowest BCUT2D eigenvalue weighted by Crippen LogP contribution is -2.09. The topological polar surface area (TPSA) is 3.24 Å². The van der Waals surface area contributed by atoms with Gasteiger partial charge < -0.3 is 4.90 Å². The van der Waals surface area contributed by atoms with Gasteiger partial charge in [0.15, 0.2) is 0 Å². The zero-order valence-corrected chi connectivity index (χ0v) is 93.0. The number of rotatable bonds is 78. The summed E-state index contributed by atoms with van der Waals surface area (Å²) in [5.74, 6) is 0. The van der Waals surface area contributed by atoms with E-state index in [0.717, 1.165) is 17.1 Å². The summed E-state index contributed by atoms with van der Waals surface area (Å²) in [6, 6.07) is 80.8. The quantitative estimate of drug-likeness (QED) is 0.0344. The van der Waals surface area contributed by atoms with Gasteiger partial charge in [-0.15, -0.1) is 68.0 Å². The van der Waals surface area contributed by atoms with Crippen LogP contribution in [0.1, 0.15) is 456 Å². The molecule has 0 saturated heterocycles. The molecule has 6 aromatic heterocycles. The van der Waals surface area contributed by atoms with Crippen LogP contribution in [0.15, 0.2) is 200 Å². The first-order valence-corrected chi connectivity index (χ1v) is 62.8. The Morgan fingerprint density at radius 1 is 0.129 bits per heavy atom. The van der Waals surface area contributed by atoms with Gasteiger partial charge in [0.25, 0.3) is 0 Å². The maximum Gasteiger partial charge on any atom is 0.0462 e. The molecule has 0 fully saturated rings. The smallest absolute Gasteiger partial charge is 0.0462 e. The zero-order chi connectivity index (χ0) is 96.4. The number of hydrogen-bond acceptors (Lipinski definition) is 7. The van der Waals surface area contributed by atoms with E-state index in [9.17, 15) is 0 Å². The second kappa shape index (κ2) is 67.1. The second-order valence-corrected chi connectivity index (χ2v) is 48.6. The van der Waals surface area contributed by atoms with Gasteiger partial charge in [0.2, 0.25) is 0 Å². The molecular weight excluding hydrogens is 1790 g/mol. The first-order chi connectivity index (χ1) is 68.7. The van der Waals surface area contributed by atoms with Crippen LogP contribution in [0, 0.1) is 0 Å². The Morgan fingerprint density at radius 2 is 0.259 bits per heavy atom. The van der Waals surface area contributed by atoms with Crippen molar-refractivity contribution in [2.45, 2.75) is 465 Å². The summed E-state index contributed by atoms with van der Waals surface area (Å²) in [4.78, 5) is 19.9. The number of aryl methyl sites for hydroxylation is 6. The Morgan fingerprint density at radius 3 is 0.403 bits per heavy atom. The predicted octanol–water partition coefficient (Wildman–Crippen LogP) is 47.3. The molecule has 0 spiro atoms. The molecule has 0 N–H and O–H groups in total. The highest BCUT2D eigenvalue weighted by Crippen LogP contribution is 2.46. The number of anilines is 3. The highest BCUT2D eigenvalue weighted by atomic mass is 32.1. The van der Waals surface area contributed by atoms with Crippen LogP contribution in [0.25, 0.3) is 96.0 Å². The van der Waals surface area contributed by atoms with Crippen molar-refractivity contribution in [3.8, 4) is 96.0 Å².